The van der Waals surface area contributed by atoms with Crippen molar-refractivity contribution in [3.05, 3.63) is 67.5 Å². The van der Waals surface area contributed by atoms with Gasteiger partial charge in [-0.2, -0.15) is 9.78 Å². The number of esters is 1. The molecule has 0 saturated carbocycles. The molecule has 3 rings (SSSR count). The molecule has 0 radical (unpaired) electrons. The highest BCUT2D eigenvalue weighted by Crippen LogP contribution is 2.21. The average molecular weight is 391 g/mol. The van der Waals surface area contributed by atoms with E-state index < -0.39 is 11.5 Å². The molecule has 0 bridgehead atoms. The predicted molar refractivity (Wildman–Crippen MR) is 100 cm³/mol. The molecule has 0 unspecified atom stereocenters. The van der Waals surface area contributed by atoms with E-state index in [0.29, 0.717) is 17.9 Å². The summed E-state index contributed by atoms with van der Waals surface area (Å²) in [5, 5.41) is 7.23. The van der Waals surface area contributed by atoms with E-state index in [-0.39, 0.29) is 10.6 Å². The molecule has 0 amide bonds. The maximum absolute atomic E-state index is 12.6. The number of methoxy groups -OCH3 is 1. The number of hydrogen-bond donors (Lipinski definition) is 1. The van der Waals surface area contributed by atoms with E-state index in [1.807, 2.05) is 6.92 Å². The molecule has 2 aromatic heterocycles. The van der Waals surface area contributed by atoms with Crippen LogP contribution in [0.4, 0.5) is 5.69 Å². The summed E-state index contributed by atoms with van der Waals surface area (Å²) in [7, 11) is 1.27. The first-order valence-corrected chi connectivity index (χ1v) is 8.87. The minimum Gasteiger partial charge on any atom is -0.465 e. The Morgan fingerprint density at radius 2 is 2.15 bits per heavy atom. The minimum atomic E-state index is -0.562. The number of aromatic nitrogens is 3. The molecular formula is C17H15ClN4O3S. The molecule has 0 spiro atoms. The topological polar surface area (TPSA) is 86.1 Å². The molecule has 1 aromatic carbocycles. The quantitative estimate of drug-likeness (QED) is 0.674. The summed E-state index contributed by atoms with van der Waals surface area (Å²) in [5.74, 6) is -0.562. The molecule has 0 saturated heterocycles. The van der Waals surface area contributed by atoms with Gasteiger partial charge in [0.2, 0.25) is 0 Å². The summed E-state index contributed by atoms with van der Waals surface area (Å²) in [6.07, 6.45) is 1.45. The second-order valence-electron chi connectivity index (χ2n) is 5.31. The fourth-order valence-corrected chi connectivity index (χ4v) is 3.25. The van der Waals surface area contributed by atoms with Crippen molar-refractivity contribution < 1.29 is 9.53 Å². The Hall–Kier alpha value is -2.71. The van der Waals surface area contributed by atoms with Crippen LogP contribution >= 0.6 is 22.9 Å². The summed E-state index contributed by atoms with van der Waals surface area (Å²) < 4.78 is 5.83. The zero-order valence-electron chi connectivity index (χ0n) is 14.0. The SMILES string of the molecule is COC(=O)c1ccccc1-n1ncc(NCc2scnc2C)c(Cl)c1=O. The predicted octanol–water partition coefficient (Wildman–Crippen LogP) is 3.05. The number of para-hydroxylation sites is 1. The van der Waals surface area contributed by atoms with E-state index in [2.05, 4.69) is 15.4 Å². The molecular weight excluding hydrogens is 376 g/mol. The first-order valence-electron chi connectivity index (χ1n) is 7.61. The number of rotatable bonds is 5. The Morgan fingerprint density at radius 1 is 1.38 bits per heavy atom. The van der Waals surface area contributed by atoms with Crippen molar-refractivity contribution >= 4 is 34.6 Å². The van der Waals surface area contributed by atoms with Crippen LogP contribution in [0.1, 0.15) is 20.9 Å². The highest BCUT2D eigenvalue weighted by atomic mass is 35.5. The van der Waals surface area contributed by atoms with Gasteiger partial charge in [0.05, 0.1) is 48.0 Å². The first kappa shape index (κ1) is 18.1. The summed E-state index contributed by atoms with van der Waals surface area (Å²) >= 11 is 7.74. The second-order valence-corrected chi connectivity index (χ2v) is 6.63. The number of nitrogens with one attached hydrogen (secondary N) is 1. The van der Waals surface area contributed by atoms with Gasteiger partial charge < -0.3 is 10.1 Å². The van der Waals surface area contributed by atoms with Crippen molar-refractivity contribution in [3.8, 4) is 5.69 Å². The van der Waals surface area contributed by atoms with Gasteiger partial charge in [0.15, 0.2) is 0 Å². The number of nitrogens with zero attached hydrogens (tertiary/aromatic N) is 3. The van der Waals surface area contributed by atoms with Crippen molar-refractivity contribution in [2.75, 3.05) is 12.4 Å². The van der Waals surface area contributed by atoms with Crippen molar-refractivity contribution in [1.82, 2.24) is 14.8 Å². The number of benzene rings is 1. The lowest BCUT2D eigenvalue weighted by molar-refractivity contribution is 0.0600. The molecule has 0 aliphatic carbocycles. The molecule has 2 heterocycles. The lowest BCUT2D eigenvalue weighted by Gasteiger charge is -2.12. The molecule has 3 aromatic rings. The van der Waals surface area contributed by atoms with Crippen molar-refractivity contribution in [2.45, 2.75) is 13.5 Å². The third kappa shape index (κ3) is 3.47. The molecule has 134 valence electrons. The number of aryl methyl sites for hydroxylation is 1. The van der Waals surface area contributed by atoms with E-state index in [1.54, 1.807) is 29.8 Å². The Morgan fingerprint density at radius 3 is 2.85 bits per heavy atom. The summed E-state index contributed by atoms with van der Waals surface area (Å²) in [6.45, 7) is 2.40. The number of anilines is 1. The number of halogens is 1. The molecule has 0 aliphatic rings. The Labute approximate surface area is 158 Å². The molecule has 0 fully saturated rings. The largest absolute Gasteiger partial charge is 0.465 e. The van der Waals surface area contributed by atoms with E-state index in [1.165, 1.54) is 24.6 Å². The smallest absolute Gasteiger partial charge is 0.340 e. The standard InChI is InChI=1S/C17H15ClN4O3S/c1-10-14(26-9-20-10)8-19-12-7-21-22(16(23)15(12)18)13-6-4-3-5-11(13)17(24)25-2/h3-7,9,19H,8H2,1-2H3. The molecule has 1 N–H and O–H groups in total. The number of ether oxygens (including phenoxy) is 1. The number of hydrogen-bond acceptors (Lipinski definition) is 7. The van der Waals surface area contributed by atoms with Gasteiger partial charge in [0, 0.05) is 4.88 Å². The zero-order chi connectivity index (χ0) is 18.7. The first-order chi connectivity index (χ1) is 12.5. The van der Waals surface area contributed by atoms with Gasteiger partial charge in [-0.05, 0) is 19.1 Å². The lowest BCUT2D eigenvalue weighted by Crippen LogP contribution is -2.24. The van der Waals surface area contributed by atoms with Crippen LogP contribution in [0.3, 0.4) is 0 Å². The average Bonchev–Trinajstić information content (AvgIpc) is 3.07. The maximum Gasteiger partial charge on any atom is 0.340 e. The summed E-state index contributed by atoms with van der Waals surface area (Å²) in [4.78, 5) is 29.8. The number of carbonyl (C=O) groups is 1. The number of thiazole rings is 1. The van der Waals surface area contributed by atoms with Crippen molar-refractivity contribution in [3.63, 3.8) is 0 Å². The fourth-order valence-electron chi connectivity index (χ4n) is 2.34. The third-order valence-electron chi connectivity index (χ3n) is 3.74. The number of carbonyl (C=O) groups excluding carboxylic acids is 1. The Balaban J connectivity index is 1.95. The summed E-state index contributed by atoms with van der Waals surface area (Å²) in [5.41, 5.74) is 3.09. The van der Waals surface area contributed by atoms with Crippen LogP contribution in [-0.2, 0) is 11.3 Å². The normalized spacial score (nSPS) is 10.6. The zero-order valence-corrected chi connectivity index (χ0v) is 15.6. The summed E-state index contributed by atoms with van der Waals surface area (Å²) in [6, 6.07) is 6.53. The van der Waals surface area contributed by atoms with Gasteiger partial charge in [-0.15, -0.1) is 11.3 Å². The molecule has 0 aliphatic heterocycles. The van der Waals surface area contributed by atoms with Crippen LogP contribution in [-0.4, -0.2) is 27.8 Å². The fraction of sp³-hybridized carbons (Fsp3) is 0.176. The highest BCUT2D eigenvalue weighted by molar-refractivity contribution is 7.09. The van der Waals surface area contributed by atoms with Crippen LogP contribution in [0.5, 0.6) is 0 Å². The third-order valence-corrected chi connectivity index (χ3v) is 5.04. The van der Waals surface area contributed by atoms with Crippen LogP contribution < -0.4 is 10.9 Å². The van der Waals surface area contributed by atoms with Gasteiger partial charge in [0.1, 0.15) is 5.02 Å². The van der Waals surface area contributed by atoms with Gasteiger partial charge in [-0.25, -0.2) is 9.78 Å². The van der Waals surface area contributed by atoms with Crippen LogP contribution in [0.2, 0.25) is 5.02 Å². The minimum absolute atomic E-state index is 0.0122. The highest BCUT2D eigenvalue weighted by Gasteiger charge is 2.17. The Kier molecular flexibility index (Phi) is 5.34. The van der Waals surface area contributed by atoms with E-state index >= 15 is 0 Å². The maximum atomic E-state index is 12.6. The molecule has 7 nitrogen and oxygen atoms in total. The Bertz CT molecular complexity index is 1020. The van der Waals surface area contributed by atoms with Gasteiger partial charge in [0.25, 0.3) is 5.56 Å². The monoisotopic (exact) mass is 390 g/mol. The lowest BCUT2D eigenvalue weighted by atomic mass is 10.2. The van der Waals surface area contributed by atoms with Crippen LogP contribution in [0.25, 0.3) is 5.69 Å². The van der Waals surface area contributed by atoms with Crippen LogP contribution in [0.15, 0.2) is 40.8 Å². The molecule has 0 atom stereocenters. The van der Waals surface area contributed by atoms with Crippen LogP contribution in [0, 0.1) is 6.92 Å². The van der Waals surface area contributed by atoms with Gasteiger partial charge in [-0.1, -0.05) is 23.7 Å². The van der Waals surface area contributed by atoms with E-state index in [0.717, 1.165) is 15.3 Å². The second kappa shape index (κ2) is 7.67. The van der Waals surface area contributed by atoms with E-state index in [9.17, 15) is 9.59 Å². The van der Waals surface area contributed by atoms with Crippen molar-refractivity contribution in [2.24, 2.45) is 0 Å². The molecule has 26 heavy (non-hydrogen) atoms. The van der Waals surface area contributed by atoms with Gasteiger partial charge >= 0.3 is 5.97 Å². The molecule has 9 heteroatoms. The van der Waals surface area contributed by atoms with Gasteiger partial charge in [-0.3, -0.25) is 4.79 Å². The van der Waals surface area contributed by atoms with E-state index in [4.69, 9.17) is 16.3 Å². The van der Waals surface area contributed by atoms with Crippen molar-refractivity contribution in [1.29, 1.82) is 0 Å².